The average Bonchev–Trinajstić information content (AvgIpc) is 3.04. The molecule has 4 aromatic rings. The van der Waals surface area contributed by atoms with Crippen molar-refractivity contribution >= 4 is 35.2 Å². The van der Waals surface area contributed by atoms with Gasteiger partial charge in [-0.3, -0.25) is 5.32 Å². The van der Waals surface area contributed by atoms with Gasteiger partial charge in [-0.15, -0.1) is 5.26 Å². The third-order valence-electron chi connectivity index (χ3n) is 6.59. The maximum atomic E-state index is 12.2. The summed E-state index contributed by atoms with van der Waals surface area (Å²) in [5, 5.41) is 22.0. The van der Waals surface area contributed by atoms with Crippen molar-refractivity contribution in [1.29, 1.82) is 5.26 Å². The number of amides is 5. The van der Waals surface area contributed by atoms with Crippen LogP contribution in [0.4, 0.5) is 31.4 Å². The smallest absolute Gasteiger partial charge is 0.411 e. The van der Waals surface area contributed by atoms with Crippen LogP contribution in [0.2, 0.25) is 0 Å². The Hall–Kier alpha value is -6.02. The summed E-state index contributed by atoms with van der Waals surface area (Å²) in [6.07, 6.45) is 2.93. The lowest BCUT2D eigenvalue weighted by Gasteiger charge is -2.10. The molecule has 0 unspecified atom stereocenters. The van der Waals surface area contributed by atoms with Gasteiger partial charge in [0, 0.05) is 30.7 Å². The Morgan fingerprint density at radius 2 is 1.09 bits per heavy atom. The molecule has 11 nitrogen and oxygen atoms in total. The number of benzene rings is 4. The molecule has 4 aromatic carbocycles. The number of nitriles is 1. The highest BCUT2D eigenvalue weighted by molar-refractivity contribution is 5.89. The third-order valence-corrected chi connectivity index (χ3v) is 6.59. The molecule has 0 fully saturated rings. The van der Waals surface area contributed by atoms with E-state index in [1.54, 1.807) is 37.6 Å². The number of ether oxygens (including phenoxy) is 2. The largest absolute Gasteiger partial charge is 0.449 e. The third kappa shape index (κ3) is 11.0. The van der Waals surface area contributed by atoms with Gasteiger partial charge in [-0.1, -0.05) is 48.5 Å². The molecule has 4 rings (SSSR count). The van der Waals surface area contributed by atoms with Crippen molar-refractivity contribution < 1.29 is 23.9 Å². The van der Waals surface area contributed by atoms with E-state index in [0.29, 0.717) is 48.6 Å². The van der Waals surface area contributed by atoms with E-state index in [1.807, 2.05) is 72.8 Å². The number of carbonyl (C=O) groups excluding carboxylic acids is 3. The lowest BCUT2D eigenvalue weighted by molar-refractivity contribution is 0.160. The number of hydrogen-bond acceptors (Lipinski definition) is 6. The number of nitrogens with one attached hydrogen (secondary N) is 5. The Morgan fingerprint density at radius 1 is 0.644 bits per heavy atom. The zero-order chi connectivity index (χ0) is 31.9. The van der Waals surface area contributed by atoms with Crippen LogP contribution in [0, 0.1) is 11.5 Å². The summed E-state index contributed by atoms with van der Waals surface area (Å²) in [6.45, 7) is 0.480. The topological polar surface area (TPSA) is 154 Å². The molecule has 0 aliphatic heterocycles. The van der Waals surface area contributed by atoms with Gasteiger partial charge in [-0.05, 0) is 90.0 Å². The Balaban J connectivity index is 1.09. The van der Waals surface area contributed by atoms with E-state index in [-0.39, 0.29) is 18.7 Å². The first-order valence-corrected chi connectivity index (χ1v) is 14.3. The van der Waals surface area contributed by atoms with Gasteiger partial charge >= 0.3 is 18.2 Å². The fraction of sp³-hybridized carbons (Fsp3) is 0.176. The van der Waals surface area contributed by atoms with Crippen molar-refractivity contribution in [1.82, 2.24) is 10.6 Å². The molecule has 0 aliphatic carbocycles. The van der Waals surface area contributed by atoms with Gasteiger partial charge in [-0.2, -0.15) is 0 Å². The van der Waals surface area contributed by atoms with Gasteiger partial charge in [0.2, 0.25) is 0 Å². The highest BCUT2D eigenvalue weighted by Crippen LogP contribution is 2.18. The van der Waals surface area contributed by atoms with Gasteiger partial charge in [-0.25, -0.2) is 14.4 Å². The molecule has 0 saturated heterocycles. The van der Waals surface area contributed by atoms with Crippen LogP contribution in [0.15, 0.2) is 97.1 Å². The van der Waals surface area contributed by atoms with Crippen LogP contribution < -0.4 is 31.3 Å². The second-order valence-corrected chi connectivity index (χ2v) is 9.98. The first-order valence-electron chi connectivity index (χ1n) is 14.3. The van der Waals surface area contributed by atoms with Gasteiger partial charge < -0.3 is 30.7 Å². The van der Waals surface area contributed by atoms with E-state index in [0.717, 1.165) is 22.3 Å². The quantitative estimate of drug-likeness (QED) is 0.0950. The second kappa shape index (κ2) is 16.6. The van der Waals surface area contributed by atoms with Crippen LogP contribution in [-0.4, -0.2) is 38.4 Å². The van der Waals surface area contributed by atoms with Crippen molar-refractivity contribution in [2.24, 2.45) is 0 Å². The number of hydrogen-bond donors (Lipinski definition) is 5. The number of rotatable bonds is 12. The van der Waals surface area contributed by atoms with Crippen molar-refractivity contribution in [3.63, 3.8) is 0 Å². The van der Waals surface area contributed by atoms with Crippen LogP contribution in [0.5, 0.6) is 5.75 Å². The molecule has 5 N–H and O–H groups in total. The first-order chi connectivity index (χ1) is 21.9. The normalized spacial score (nSPS) is 10.1. The number of urea groups is 2. The van der Waals surface area contributed by atoms with E-state index < -0.39 is 6.09 Å². The molecular weight excluding hydrogens is 572 g/mol. The highest BCUT2D eigenvalue weighted by atomic mass is 16.5. The van der Waals surface area contributed by atoms with Crippen LogP contribution in [0.1, 0.15) is 28.7 Å². The monoisotopic (exact) mass is 606 g/mol. The van der Waals surface area contributed by atoms with E-state index in [2.05, 4.69) is 26.6 Å². The second-order valence-electron chi connectivity index (χ2n) is 9.98. The predicted octanol–water partition coefficient (Wildman–Crippen LogP) is 6.24. The summed E-state index contributed by atoms with van der Waals surface area (Å²) in [5.41, 5.74) is 6.27. The van der Waals surface area contributed by atoms with E-state index in [1.165, 1.54) is 0 Å². The lowest BCUT2D eigenvalue weighted by atomic mass is 10.0. The standard InChI is InChI=1S/C34H34N6O5/c1-36-32(41)38-28-11-3-24(4-12-28)21-25-5-13-29(14-6-25)39-33(42)37-19-2-20-44-34(43)40-30-15-7-26(8-16-30)22-27-9-17-31(18-10-27)45-23-35/h3-18H,2,19-22H2,1H3,(H,40,43)(H2,36,38,41)(H2,37,39,42). The van der Waals surface area contributed by atoms with Gasteiger partial charge in [0.15, 0.2) is 0 Å². The molecule has 11 heteroatoms. The average molecular weight is 607 g/mol. The van der Waals surface area contributed by atoms with Gasteiger partial charge in [0.05, 0.1) is 6.61 Å². The molecule has 5 amide bonds. The van der Waals surface area contributed by atoms with E-state index in [9.17, 15) is 14.4 Å². The molecule has 0 aliphatic rings. The number of carbonyl (C=O) groups is 3. The zero-order valence-corrected chi connectivity index (χ0v) is 24.8. The Morgan fingerprint density at radius 3 is 1.56 bits per heavy atom. The fourth-order valence-electron chi connectivity index (χ4n) is 4.28. The van der Waals surface area contributed by atoms with Crippen LogP contribution in [0.25, 0.3) is 0 Å². The molecule has 0 aromatic heterocycles. The van der Waals surface area contributed by atoms with Gasteiger partial charge in [0.1, 0.15) is 5.75 Å². The molecule has 45 heavy (non-hydrogen) atoms. The minimum absolute atomic E-state index is 0.146. The van der Waals surface area contributed by atoms with E-state index >= 15 is 0 Å². The summed E-state index contributed by atoms with van der Waals surface area (Å²) in [6, 6.07) is 29.2. The van der Waals surface area contributed by atoms with Crippen molar-refractivity contribution in [3.8, 4) is 12.0 Å². The molecule has 0 heterocycles. The minimum atomic E-state index is -0.572. The minimum Gasteiger partial charge on any atom is -0.449 e. The predicted molar refractivity (Wildman–Crippen MR) is 172 cm³/mol. The van der Waals surface area contributed by atoms with E-state index in [4.69, 9.17) is 14.7 Å². The summed E-state index contributed by atoms with van der Waals surface area (Å²) in [5.74, 6) is 0.496. The van der Waals surface area contributed by atoms with Crippen molar-refractivity contribution in [3.05, 3.63) is 119 Å². The van der Waals surface area contributed by atoms with Crippen LogP contribution in [-0.2, 0) is 17.6 Å². The maximum absolute atomic E-state index is 12.2. The SMILES string of the molecule is CNC(=O)Nc1ccc(Cc2ccc(NC(=O)NCCCOC(=O)Nc3ccc(Cc4ccc(OC#N)cc4)cc3)cc2)cc1. The summed E-state index contributed by atoms with van der Waals surface area (Å²) >= 11 is 0. The highest BCUT2D eigenvalue weighted by Gasteiger charge is 2.06. The molecule has 0 spiro atoms. The van der Waals surface area contributed by atoms with Crippen LogP contribution in [0.3, 0.4) is 0 Å². The molecule has 0 saturated carbocycles. The molecule has 0 radical (unpaired) electrons. The molecular formula is C34H34N6O5. The maximum Gasteiger partial charge on any atom is 0.411 e. The zero-order valence-electron chi connectivity index (χ0n) is 24.8. The summed E-state index contributed by atoms with van der Waals surface area (Å²) in [4.78, 5) is 35.8. The molecule has 230 valence electrons. The van der Waals surface area contributed by atoms with Crippen LogP contribution >= 0.6 is 0 Å². The number of anilines is 3. The fourth-order valence-corrected chi connectivity index (χ4v) is 4.28. The lowest BCUT2D eigenvalue weighted by Crippen LogP contribution is -2.30. The Kier molecular flexibility index (Phi) is 11.8. The van der Waals surface area contributed by atoms with Gasteiger partial charge in [0.25, 0.3) is 6.26 Å². The summed E-state index contributed by atoms with van der Waals surface area (Å²) in [7, 11) is 1.56. The molecule has 0 atom stereocenters. The Bertz CT molecular complexity index is 1600. The van der Waals surface area contributed by atoms with Crippen molar-refractivity contribution in [2.45, 2.75) is 19.3 Å². The first kappa shape index (κ1) is 31.9. The Labute approximate surface area is 261 Å². The summed E-state index contributed by atoms with van der Waals surface area (Å²) < 4.78 is 10.0. The van der Waals surface area contributed by atoms with Crippen molar-refractivity contribution in [2.75, 3.05) is 36.1 Å². The molecule has 0 bridgehead atoms. The number of nitrogens with zero attached hydrogens (tertiary/aromatic N) is 1.